The Morgan fingerprint density at radius 1 is 1.40 bits per heavy atom. The first-order valence-corrected chi connectivity index (χ1v) is 6.52. The summed E-state index contributed by atoms with van der Waals surface area (Å²) in [5.41, 5.74) is 6.65. The Morgan fingerprint density at radius 3 is 2.65 bits per heavy atom. The van der Waals surface area contributed by atoms with Crippen molar-refractivity contribution in [1.29, 1.82) is 0 Å². The Hall–Kier alpha value is -2.21. The molecule has 0 bridgehead atoms. The molecule has 2 unspecified atom stereocenters. The standard InChI is InChI=1S/C14H19N5O/c1-10(13-18-16-9-19(13)2)17-14(20)12(8-15)11-6-4-3-5-7-11/h3-7,9-10,12H,8,15H2,1-2H3,(H,17,20). The van der Waals surface area contributed by atoms with Gasteiger partial charge in [0.25, 0.3) is 0 Å². The SMILES string of the molecule is CC(NC(=O)C(CN)c1ccccc1)c1nncn1C. The Kier molecular flexibility index (Phi) is 4.47. The monoisotopic (exact) mass is 273 g/mol. The van der Waals surface area contributed by atoms with Crippen molar-refractivity contribution in [2.24, 2.45) is 12.8 Å². The van der Waals surface area contributed by atoms with E-state index in [9.17, 15) is 4.79 Å². The van der Waals surface area contributed by atoms with Crippen LogP contribution in [0.5, 0.6) is 0 Å². The third-order valence-electron chi connectivity index (χ3n) is 3.25. The van der Waals surface area contributed by atoms with Crippen LogP contribution in [0, 0.1) is 0 Å². The molecule has 0 radical (unpaired) electrons. The van der Waals surface area contributed by atoms with Crippen molar-refractivity contribution in [3.63, 3.8) is 0 Å². The summed E-state index contributed by atoms with van der Waals surface area (Å²) in [7, 11) is 1.84. The molecule has 2 aromatic rings. The number of amides is 1. The van der Waals surface area contributed by atoms with Crippen molar-refractivity contribution < 1.29 is 4.79 Å². The fourth-order valence-corrected chi connectivity index (χ4v) is 2.14. The van der Waals surface area contributed by atoms with Crippen molar-refractivity contribution in [1.82, 2.24) is 20.1 Å². The number of nitrogens with two attached hydrogens (primary N) is 1. The van der Waals surface area contributed by atoms with E-state index in [1.807, 2.05) is 44.3 Å². The van der Waals surface area contributed by atoms with Crippen LogP contribution in [-0.2, 0) is 11.8 Å². The largest absolute Gasteiger partial charge is 0.346 e. The van der Waals surface area contributed by atoms with Crippen LogP contribution in [0.1, 0.15) is 30.3 Å². The quantitative estimate of drug-likeness (QED) is 0.841. The first-order valence-electron chi connectivity index (χ1n) is 6.52. The minimum atomic E-state index is -0.355. The zero-order valence-electron chi connectivity index (χ0n) is 11.7. The molecule has 1 heterocycles. The van der Waals surface area contributed by atoms with Gasteiger partial charge < -0.3 is 15.6 Å². The summed E-state index contributed by atoms with van der Waals surface area (Å²) in [6.45, 7) is 2.14. The Labute approximate surface area is 118 Å². The van der Waals surface area contributed by atoms with Crippen LogP contribution in [-0.4, -0.2) is 27.2 Å². The Balaban J connectivity index is 2.09. The lowest BCUT2D eigenvalue weighted by Gasteiger charge is -2.19. The summed E-state index contributed by atoms with van der Waals surface area (Å²) in [6, 6.07) is 9.31. The van der Waals surface area contributed by atoms with Gasteiger partial charge in [0, 0.05) is 13.6 Å². The normalized spacial score (nSPS) is 13.8. The summed E-state index contributed by atoms with van der Waals surface area (Å²) < 4.78 is 1.78. The summed E-state index contributed by atoms with van der Waals surface area (Å²) in [6.07, 6.45) is 1.61. The second-order valence-electron chi connectivity index (χ2n) is 4.73. The van der Waals surface area contributed by atoms with Gasteiger partial charge in [0.05, 0.1) is 12.0 Å². The van der Waals surface area contributed by atoms with E-state index in [2.05, 4.69) is 15.5 Å². The predicted molar refractivity (Wildman–Crippen MR) is 75.8 cm³/mol. The summed E-state index contributed by atoms with van der Waals surface area (Å²) in [5, 5.41) is 10.7. The zero-order valence-corrected chi connectivity index (χ0v) is 11.7. The van der Waals surface area contributed by atoms with Crippen molar-refractivity contribution in [2.75, 3.05) is 6.54 Å². The van der Waals surface area contributed by atoms with E-state index in [1.165, 1.54) is 0 Å². The van der Waals surface area contributed by atoms with Gasteiger partial charge in [-0.15, -0.1) is 10.2 Å². The average Bonchev–Trinajstić information content (AvgIpc) is 2.87. The molecule has 2 atom stereocenters. The third kappa shape index (κ3) is 3.03. The summed E-state index contributed by atoms with van der Waals surface area (Å²) >= 11 is 0. The van der Waals surface area contributed by atoms with Gasteiger partial charge in [-0.3, -0.25) is 4.79 Å². The van der Waals surface area contributed by atoms with E-state index in [4.69, 9.17) is 5.73 Å². The fraction of sp³-hybridized carbons (Fsp3) is 0.357. The molecule has 6 nitrogen and oxygen atoms in total. The molecule has 1 amide bonds. The minimum absolute atomic E-state index is 0.103. The average molecular weight is 273 g/mol. The lowest BCUT2D eigenvalue weighted by molar-refractivity contribution is -0.123. The number of aryl methyl sites for hydroxylation is 1. The highest BCUT2D eigenvalue weighted by Gasteiger charge is 2.22. The van der Waals surface area contributed by atoms with Gasteiger partial charge in [0.2, 0.25) is 5.91 Å². The molecular formula is C14H19N5O. The van der Waals surface area contributed by atoms with Gasteiger partial charge in [-0.2, -0.15) is 0 Å². The molecular weight excluding hydrogens is 254 g/mol. The topological polar surface area (TPSA) is 85.8 Å². The van der Waals surface area contributed by atoms with Gasteiger partial charge in [-0.05, 0) is 12.5 Å². The van der Waals surface area contributed by atoms with E-state index >= 15 is 0 Å². The lowest BCUT2D eigenvalue weighted by atomic mass is 9.98. The molecule has 0 saturated heterocycles. The maximum atomic E-state index is 12.3. The van der Waals surface area contributed by atoms with E-state index < -0.39 is 0 Å². The number of rotatable bonds is 5. The lowest BCUT2D eigenvalue weighted by Crippen LogP contribution is -2.35. The number of hydrogen-bond acceptors (Lipinski definition) is 4. The fourth-order valence-electron chi connectivity index (χ4n) is 2.14. The van der Waals surface area contributed by atoms with Crippen molar-refractivity contribution in [3.8, 4) is 0 Å². The van der Waals surface area contributed by atoms with Gasteiger partial charge >= 0.3 is 0 Å². The van der Waals surface area contributed by atoms with Crippen molar-refractivity contribution >= 4 is 5.91 Å². The van der Waals surface area contributed by atoms with Crippen LogP contribution in [0.25, 0.3) is 0 Å². The first-order chi connectivity index (χ1) is 9.63. The van der Waals surface area contributed by atoms with Crippen molar-refractivity contribution in [2.45, 2.75) is 18.9 Å². The van der Waals surface area contributed by atoms with E-state index in [0.29, 0.717) is 5.82 Å². The van der Waals surface area contributed by atoms with Crippen molar-refractivity contribution in [3.05, 3.63) is 48.0 Å². The molecule has 0 saturated carbocycles. The van der Waals surface area contributed by atoms with E-state index in [0.717, 1.165) is 5.56 Å². The first kappa shape index (κ1) is 14.2. The van der Waals surface area contributed by atoms with Crippen LogP contribution in [0.15, 0.2) is 36.7 Å². The van der Waals surface area contributed by atoms with Crippen LogP contribution >= 0.6 is 0 Å². The smallest absolute Gasteiger partial charge is 0.229 e. The maximum absolute atomic E-state index is 12.3. The second-order valence-corrected chi connectivity index (χ2v) is 4.73. The molecule has 20 heavy (non-hydrogen) atoms. The second kappa shape index (κ2) is 6.29. The third-order valence-corrected chi connectivity index (χ3v) is 3.25. The Morgan fingerprint density at radius 2 is 2.10 bits per heavy atom. The molecule has 0 aliphatic heterocycles. The minimum Gasteiger partial charge on any atom is -0.346 e. The van der Waals surface area contributed by atoms with Gasteiger partial charge in [-0.1, -0.05) is 30.3 Å². The molecule has 0 aliphatic rings. The predicted octanol–water partition coefficient (Wildman–Crippen LogP) is 0.735. The van der Waals surface area contributed by atoms with Crippen LogP contribution in [0.4, 0.5) is 0 Å². The summed E-state index contributed by atoms with van der Waals surface area (Å²) in [5.74, 6) is 0.253. The van der Waals surface area contributed by atoms with Crippen LogP contribution in [0.2, 0.25) is 0 Å². The van der Waals surface area contributed by atoms with E-state index in [-0.39, 0.29) is 24.4 Å². The van der Waals surface area contributed by atoms with Crippen LogP contribution in [0.3, 0.4) is 0 Å². The van der Waals surface area contributed by atoms with Gasteiger partial charge in [-0.25, -0.2) is 0 Å². The highest BCUT2D eigenvalue weighted by atomic mass is 16.2. The molecule has 0 fully saturated rings. The number of nitrogens with zero attached hydrogens (tertiary/aromatic N) is 3. The molecule has 106 valence electrons. The van der Waals surface area contributed by atoms with E-state index in [1.54, 1.807) is 10.9 Å². The molecule has 2 rings (SSSR count). The Bertz CT molecular complexity index is 566. The van der Waals surface area contributed by atoms with Gasteiger partial charge in [0.1, 0.15) is 6.33 Å². The molecule has 0 aliphatic carbocycles. The number of carbonyl (C=O) groups is 1. The molecule has 1 aromatic heterocycles. The number of carbonyl (C=O) groups excluding carboxylic acids is 1. The molecule has 3 N–H and O–H groups in total. The van der Waals surface area contributed by atoms with Gasteiger partial charge in [0.15, 0.2) is 5.82 Å². The number of nitrogens with one attached hydrogen (secondary N) is 1. The van der Waals surface area contributed by atoms with Crippen LogP contribution < -0.4 is 11.1 Å². The molecule has 6 heteroatoms. The maximum Gasteiger partial charge on any atom is 0.229 e. The summed E-state index contributed by atoms with van der Waals surface area (Å²) in [4.78, 5) is 12.3. The number of benzene rings is 1. The number of hydrogen-bond donors (Lipinski definition) is 2. The molecule has 1 aromatic carbocycles. The zero-order chi connectivity index (χ0) is 14.5. The highest BCUT2D eigenvalue weighted by molar-refractivity contribution is 5.84. The molecule has 0 spiro atoms. The number of aromatic nitrogens is 3. The highest BCUT2D eigenvalue weighted by Crippen LogP contribution is 2.16.